The first kappa shape index (κ1) is 20.4. The van der Waals surface area contributed by atoms with Gasteiger partial charge in [0, 0.05) is 23.4 Å². The number of fused-ring (bicyclic) bond motifs is 1. The number of halogens is 5. The SMILES string of the molecule is N#Cc1ccc2c(c1C(F)(F)F)CC(C1CC1)N2Cc1noc(-c2cc(F)cc(F)c2)n1. The van der Waals surface area contributed by atoms with E-state index in [1.165, 1.54) is 12.1 Å². The minimum absolute atomic E-state index is 0.0681. The van der Waals surface area contributed by atoms with Crippen LogP contribution in [-0.2, 0) is 19.1 Å². The second kappa shape index (κ2) is 7.29. The monoisotopic (exact) mass is 446 g/mol. The first-order valence-corrected chi connectivity index (χ1v) is 9.93. The van der Waals surface area contributed by atoms with Gasteiger partial charge in [-0.25, -0.2) is 8.78 Å². The van der Waals surface area contributed by atoms with Crippen LogP contribution in [0, 0.1) is 28.9 Å². The third kappa shape index (κ3) is 3.57. The topological polar surface area (TPSA) is 66.0 Å². The Hall–Kier alpha value is -3.48. The Labute approximate surface area is 179 Å². The van der Waals surface area contributed by atoms with E-state index >= 15 is 0 Å². The summed E-state index contributed by atoms with van der Waals surface area (Å²) in [7, 11) is 0. The lowest BCUT2D eigenvalue weighted by Crippen LogP contribution is -2.33. The molecular formula is C22H15F5N4O. The Morgan fingerprint density at radius 3 is 2.47 bits per heavy atom. The fourth-order valence-electron chi connectivity index (χ4n) is 4.40. The van der Waals surface area contributed by atoms with Crippen LogP contribution in [0.4, 0.5) is 27.6 Å². The summed E-state index contributed by atoms with van der Waals surface area (Å²) in [6, 6.07) is 6.99. The highest BCUT2D eigenvalue weighted by Crippen LogP contribution is 2.49. The number of rotatable bonds is 4. The molecule has 10 heteroatoms. The number of alkyl halides is 3. The fourth-order valence-corrected chi connectivity index (χ4v) is 4.40. The second-order valence-electron chi connectivity index (χ2n) is 8.01. The van der Waals surface area contributed by atoms with Crippen molar-refractivity contribution < 1.29 is 26.5 Å². The molecule has 0 saturated heterocycles. The molecule has 1 aliphatic carbocycles. The first-order chi connectivity index (χ1) is 15.2. The van der Waals surface area contributed by atoms with Crippen molar-refractivity contribution >= 4 is 5.69 Å². The van der Waals surface area contributed by atoms with Gasteiger partial charge in [-0.3, -0.25) is 0 Å². The average Bonchev–Trinajstić information content (AvgIpc) is 3.35. The van der Waals surface area contributed by atoms with E-state index in [0.717, 1.165) is 31.0 Å². The smallest absolute Gasteiger partial charge is 0.360 e. The van der Waals surface area contributed by atoms with E-state index in [9.17, 15) is 27.2 Å². The molecule has 1 aliphatic heterocycles. The molecule has 5 nitrogen and oxygen atoms in total. The molecule has 1 saturated carbocycles. The number of nitriles is 1. The number of aromatic nitrogens is 2. The molecule has 164 valence electrons. The Balaban J connectivity index is 1.51. The minimum atomic E-state index is -4.65. The third-order valence-electron chi connectivity index (χ3n) is 5.87. The summed E-state index contributed by atoms with van der Waals surface area (Å²) in [6.45, 7) is 0.0681. The van der Waals surface area contributed by atoms with Crippen LogP contribution >= 0.6 is 0 Å². The Morgan fingerprint density at radius 1 is 1.12 bits per heavy atom. The molecule has 32 heavy (non-hydrogen) atoms. The summed E-state index contributed by atoms with van der Waals surface area (Å²) in [6.07, 6.45) is -2.67. The van der Waals surface area contributed by atoms with Gasteiger partial charge in [0.2, 0.25) is 0 Å². The van der Waals surface area contributed by atoms with Gasteiger partial charge in [0.05, 0.1) is 23.7 Å². The van der Waals surface area contributed by atoms with Crippen LogP contribution in [0.15, 0.2) is 34.9 Å². The normalized spacial score (nSPS) is 18.0. The van der Waals surface area contributed by atoms with Gasteiger partial charge in [-0.2, -0.15) is 23.4 Å². The molecule has 0 radical (unpaired) electrons. The van der Waals surface area contributed by atoms with Crippen LogP contribution in [0.1, 0.15) is 35.4 Å². The van der Waals surface area contributed by atoms with E-state index in [-0.39, 0.29) is 47.8 Å². The lowest BCUT2D eigenvalue weighted by molar-refractivity contribution is -0.138. The van der Waals surface area contributed by atoms with Crippen molar-refractivity contribution in [3.8, 4) is 17.5 Å². The highest BCUT2D eigenvalue weighted by molar-refractivity contribution is 5.67. The molecule has 0 N–H and O–H groups in total. The summed E-state index contributed by atoms with van der Waals surface area (Å²) >= 11 is 0. The number of hydrogen-bond acceptors (Lipinski definition) is 5. The Bertz CT molecular complexity index is 1220. The van der Waals surface area contributed by atoms with Crippen LogP contribution in [0.5, 0.6) is 0 Å². The zero-order valence-electron chi connectivity index (χ0n) is 16.5. The predicted octanol–water partition coefficient (Wildman–Crippen LogP) is 5.25. The van der Waals surface area contributed by atoms with Gasteiger partial charge in [-0.1, -0.05) is 5.16 Å². The van der Waals surface area contributed by atoms with Gasteiger partial charge in [0.15, 0.2) is 5.82 Å². The summed E-state index contributed by atoms with van der Waals surface area (Å²) in [5, 5.41) is 13.1. The number of anilines is 1. The van der Waals surface area contributed by atoms with Gasteiger partial charge >= 0.3 is 6.18 Å². The largest absolute Gasteiger partial charge is 0.418 e. The summed E-state index contributed by atoms with van der Waals surface area (Å²) < 4.78 is 73.5. The van der Waals surface area contributed by atoms with Crippen molar-refractivity contribution in [1.82, 2.24) is 10.1 Å². The van der Waals surface area contributed by atoms with E-state index in [4.69, 9.17) is 4.52 Å². The van der Waals surface area contributed by atoms with Gasteiger partial charge in [-0.05, 0) is 55.0 Å². The molecule has 1 unspecified atom stereocenters. The highest BCUT2D eigenvalue weighted by Gasteiger charge is 2.46. The molecule has 3 aromatic rings. The van der Waals surface area contributed by atoms with E-state index in [1.54, 1.807) is 6.07 Å². The standard InChI is InChI=1S/C22H15F5N4O/c23-14-5-13(6-15(24)7-14)21-29-19(30-32-21)10-31-17-4-3-12(9-28)20(22(25,26)27)16(17)8-18(31)11-1-2-11/h3-7,11,18H,1-2,8,10H2. The molecule has 2 heterocycles. The predicted molar refractivity (Wildman–Crippen MR) is 102 cm³/mol. The zero-order chi connectivity index (χ0) is 22.6. The van der Waals surface area contributed by atoms with Crippen LogP contribution in [-0.4, -0.2) is 16.2 Å². The molecule has 2 aliphatic rings. The zero-order valence-corrected chi connectivity index (χ0v) is 16.5. The quantitative estimate of drug-likeness (QED) is 0.513. The van der Waals surface area contributed by atoms with Crippen LogP contribution in [0.2, 0.25) is 0 Å². The van der Waals surface area contributed by atoms with E-state index < -0.39 is 28.9 Å². The van der Waals surface area contributed by atoms with Crippen LogP contribution < -0.4 is 4.90 Å². The molecular weight excluding hydrogens is 431 g/mol. The Morgan fingerprint density at radius 2 is 1.84 bits per heavy atom. The number of hydrogen-bond donors (Lipinski definition) is 0. The maximum atomic E-state index is 13.8. The highest BCUT2D eigenvalue weighted by atomic mass is 19.4. The second-order valence-corrected chi connectivity index (χ2v) is 8.01. The first-order valence-electron chi connectivity index (χ1n) is 9.93. The van der Waals surface area contributed by atoms with Gasteiger partial charge in [-0.15, -0.1) is 0 Å². The number of nitrogens with zero attached hydrogens (tertiary/aromatic N) is 4. The molecule has 5 rings (SSSR count). The van der Waals surface area contributed by atoms with Crippen molar-refractivity contribution in [2.75, 3.05) is 4.90 Å². The summed E-state index contributed by atoms with van der Waals surface area (Å²) in [5.74, 6) is -1.26. The lowest BCUT2D eigenvalue weighted by atomic mass is 9.97. The van der Waals surface area contributed by atoms with E-state index in [0.29, 0.717) is 5.69 Å². The molecule has 1 aromatic heterocycles. The van der Waals surface area contributed by atoms with E-state index in [1.807, 2.05) is 4.90 Å². The summed E-state index contributed by atoms with van der Waals surface area (Å²) in [5.41, 5.74) is -0.738. The third-order valence-corrected chi connectivity index (χ3v) is 5.87. The van der Waals surface area contributed by atoms with Gasteiger partial charge in [0.1, 0.15) is 11.6 Å². The van der Waals surface area contributed by atoms with Crippen LogP contribution in [0.3, 0.4) is 0 Å². The van der Waals surface area contributed by atoms with Crippen molar-refractivity contribution in [3.63, 3.8) is 0 Å². The Kier molecular flexibility index (Phi) is 4.65. The molecule has 0 bridgehead atoms. The van der Waals surface area contributed by atoms with Crippen molar-refractivity contribution in [2.45, 2.75) is 38.0 Å². The summed E-state index contributed by atoms with van der Waals surface area (Å²) in [4.78, 5) is 6.00. The van der Waals surface area contributed by atoms with Crippen LogP contribution in [0.25, 0.3) is 11.5 Å². The molecule has 0 amide bonds. The minimum Gasteiger partial charge on any atom is -0.360 e. The van der Waals surface area contributed by atoms with Crippen molar-refractivity contribution in [3.05, 3.63) is 64.5 Å². The van der Waals surface area contributed by atoms with E-state index in [2.05, 4.69) is 10.1 Å². The maximum absolute atomic E-state index is 13.8. The van der Waals surface area contributed by atoms with Gasteiger partial charge in [0.25, 0.3) is 5.89 Å². The van der Waals surface area contributed by atoms with Crippen molar-refractivity contribution in [2.24, 2.45) is 5.92 Å². The molecule has 2 aromatic carbocycles. The van der Waals surface area contributed by atoms with Crippen molar-refractivity contribution in [1.29, 1.82) is 5.26 Å². The molecule has 1 fully saturated rings. The molecule has 1 atom stereocenters. The maximum Gasteiger partial charge on any atom is 0.418 e. The van der Waals surface area contributed by atoms with Gasteiger partial charge < -0.3 is 9.42 Å². The lowest BCUT2D eigenvalue weighted by Gasteiger charge is -2.26. The fraction of sp³-hybridized carbons (Fsp3) is 0.318. The number of benzene rings is 2. The molecule has 0 spiro atoms. The average molecular weight is 446 g/mol.